The molecule has 3 atom stereocenters. The van der Waals surface area contributed by atoms with Gasteiger partial charge in [-0.15, -0.1) is 0 Å². The predicted molar refractivity (Wildman–Crippen MR) is 251 cm³/mol. The minimum Gasteiger partial charge on any atom is -0.462 e. The molecule has 3 N–H and O–H groups in total. The van der Waals surface area contributed by atoms with Crippen molar-refractivity contribution in [2.45, 2.75) is 232 Å². The summed E-state index contributed by atoms with van der Waals surface area (Å²) in [6.45, 7) is 2.25. The Morgan fingerprint density at radius 3 is 1.36 bits per heavy atom. The SMILES string of the molecule is CC/C=C\C/C=C\C/C=C\C/C=C\CCCCC(=O)OC(COC(=O)CCCCCCCCCCCCCCCCCCCCCCCCC)COP(=O)(O)OCC(O)CO. The maximum absolute atomic E-state index is 12.6. The van der Waals surface area contributed by atoms with Gasteiger partial charge in [-0.25, -0.2) is 4.57 Å². The fourth-order valence-corrected chi connectivity index (χ4v) is 7.54. The molecule has 0 amide bonds. The summed E-state index contributed by atoms with van der Waals surface area (Å²) >= 11 is 0. The van der Waals surface area contributed by atoms with Crippen molar-refractivity contribution in [3.8, 4) is 0 Å². The van der Waals surface area contributed by atoms with Gasteiger partial charge in [0.25, 0.3) is 0 Å². The average molecular weight is 883 g/mol. The molecule has 0 radical (unpaired) electrons. The number of aliphatic hydroxyl groups excluding tert-OH is 2. The van der Waals surface area contributed by atoms with Gasteiger partial charge in [0.05, 0.1) is 19.8 Å². The Morgan fingerprint density at radius 2 is 0.902 bits per heavy atom. The van der Waals surface area contributed by atoms with E-state index in [4.69, 9.17) is 23.6 Å². The Balaban J connectivity index is 4.17. The highest BCUT2D eigenvalue weighted by Gasteiger charge is 2.27. The molecule has 0 aliphatic rings. The lowest BCUT2D eigenvalue weighted by Crippen LogP contribution is -2.29. The van der Waals surface area contributed by atoms with E-state index in [1.54, 1.807) is 0 Å². The van der Waals surface area contributed by atoms with Crippen molar-refractivity contribution in [1.29, 1.82) is 0 Å². The molecule has 3 unspecified atom stereocenters. The molecule has 0 saturated carbocycles. The summed E-state index contributed by atoms with van der Waals surface area (Å²) in [4.78, 5) is 35.1. The molecule has 11 heteroatoms. The molecule has 10 nitrogen and oxygen atoms in total. The molecule has 0 aliphatic heterocycles. The van der Waals surface area contributed by atoms with Crippen molar-refractivity contribution < 1.29 is 47.8 Å². The lowest BCUT2D eigenvalue weighted by atomic mass is 10.0. The van der Waals surface area contributed by atoms with Crippen LogP contribution in [0.5, 0.6) is 0 Å². The second kappa shape index (κ2) is 45.9. The molecule has 0 aliphatic carbocycles. The van der Waals surface area contributed by atoms with E-state index in [1.807, 2.05) is 0 Å². The smallest absolute Gasteiger partial charge is 0.462 e. The molecule has 61 heavy (non-hydrogen) atoms. The summed E-state index contributed by atoms with van der Waals surface area (Å²) in [7, 11) is -4.63. The van der Waals surface area contributed by atoms with Gasteiger partial charge in [0.2, 0.25) is 0 Å². The van der Waals surface area contributed by atoms with Gasteiger partial charge in [0, 0.05) is 12.8 Å². The van der Waals surface area contributed by atoms with Crippen molar-refractivity contribution in [3.63, 3.8) is 0 Å². The average Bonchev–Trinajstić information content (AvgIpc) is 3.25. The van der Waals surface area contributed by atoms with Gasteiger partial charge < -0.3 is 24.6 Å². The zero-order valence-corrected chi connectivity index (χ0v) is 39.8. The fourth-order valence-electron chi connectivity index (χ4n) is 6.75. The molecule has 0 aromatic carbocycles. The second-order valence-corrected chi connectivity index (χ2v) is 17.9. The number of hydrogen-bond acceptors (Lipinski definition) is 9. The highest BCUT2D eigenvalue weighted by molar-refractivity contribution is 7.47. The monoisotopic (exact) mass is 883 g/mol. The summed E-state index contributed by atoms with van der Waals surface area (Å²) in [5.41, 5.74) is 0. The maximum atomic E-state index is 12.6. The number of esters is 2. The number of ether oxygens (including phenoxy) is 2. The maximum Gasteiger partial charge on any atom is 0.472 e. The van der Waals surface area contributed by atoms with Crippen molar-refractivity contribution in [1.82, 2.24) is 0 Å². The molecular weight excluding hydrogens is 792 g/mol. The summed E-state index contributed by atoms with van der Waals surface area (Å²) in [5, 5.41) is 18.4. The minimum absolute atomic E-state index is 0.132. The molecule has 0 rings (SSSR count). The normalized spacial score (nSPS) is 14.1. The first-order chi connectivity index (χ1) is 29.7. The molecule has 0 aromatic heterocycles. The summed E-state index contributed by atoms with van der Waals surface area (Å²) in [6.07, 6.45) is 51.0. The van der Waals surface area contributed by atoms with Crippen LogP contribution in [0.3, 0.4) is 0 Å². The van der Waals surface area contributed by atoms with Crippen LogP contribution in [0.1, 0.15) is 219 Å². The second-order valence-electron chi connectivity index (χ2n) is 16.5. The quantitative estimate of drug-likeness (QED) is 0.0233. The first-order valence-corrected chi connectivity index (χ1v) is 26.1. The van der Waals surface area contributed by atoms with Gasteiger partial charge in [-0.3, -0.25) is 18.6 Å². The largest absolute Gasteiger partial charge is 0.472 e. The number of phosphoric ester groups is 1. The molecule has 0 fully saturated rings. The van der Waals surface area contributed by atoms with Crippen LogP contribution < -0.4 is 0 Å². The first-order valence-electron chi connectivity index (χ1n) is 24.6. The van der Waals surface area contributed by atoms with E-state index in [9.17, 15) is 24.2 Å². The van der Waals surface area contributed by atoms with Crippen molar-refractivity contribution >= 4 is 19.8 Å². The third kappa shape index (κ3) is 45.8. The fraction of sp³-hybridized carbons (Fsp3) is 0.800. The highest BCUT2D eigenvalue weighted by Crippen LogP contribution is 2.43. The number of carbonyl (C=O) groups is 2. The van der Waals surface area contributed by atoms with E-state index in [0.717, 1.165) is 57.8 Å². The lowest BCUT2D eigenvalue weighted by molar-refractivity contribution is -0.161. The third-order valence-corrected chi connectivity index (χ3v) is 11.4. The number of unbranched alkanes of at least 4 members (excludes halogenated alkanes) is 24. The lowest BCUT2D eigenvalue weighted by Gasteiger charge is -2.20. The number of hydrogen-bond donors (Lipinski definition) is 3. The van der Waals surface area contributed by atoms with Crippen LogP contribution in [0.4, 0.5) is 0 Å². The summed E-state index contributed by atoms with van der Waals surface area (Å²) in [6, 6.07) is 0. The third-order valence-electron chi connectivity index (χ3n) is 10.5. The Labute approximate surface area is 373 Å². The van der Waals surface area contributed by atoms with Crippen molar-refractivity contribution in [3.05, 3.63) is 48.6 Å². The van der Waals surface area contributed by atoms with Gasteiger partial charge in [-0.1, -0.05) is 204 Å². The summed E-state index contributed by atoms with van der Waals surface area (Å²) in [5.74, 6) is -0.967. The molecular formula is C50H91O10P. The zero-order valence-electron chi connectivity index (χ0n) is 38.9. The van der Waals surface area contributed by atoms with Crippen molar-refractivity contribution in [2.75, 3.05) is 26.4 Å². The van der Waals surface area contributed by atoms with E-state index in [1.165, 1.54) is 122 Å². The Morgan fingerprint density at radius 1 is 0.508 bits per heavy atom. The van der Waals surface area contributed by atoms with Crippen LogP contribution in [0.2, 0.25) is 0 Å². The van der Waals surface area contributed by atoms with Crippen LogP contribution >= 0.6 is 7.82 Å². The van der Waals surface area contributed by atoms with Gasteiger partial charge in [0.15, 0.2) is 6.10 Å². The zero-order chi connectivity index (χ0) is 44.8. The predicted octanol–water partition coefficient (Wildman–Crippen LogP) is 13.7. The Kier molecular flexibility index (Phi) is 44.4. The standard InChI is InChI=1S/C50H91O10P/c1-3-5-7-9-11-13-15-17-19-20-21-22-23-24-25-26-28-29-31-33-35-37-39-41-49(53)57-45-48(46-59-61(55,56)58-44-47(52)43-51)60-50(54)42-40-38-36-34-32-30-27-18-16-14-12-10-8-6-4-2/h6,8,12,14,18,27,32,34,47-48,51-52H,3-5,7,9-11,13,15-17,19-26,28-31,33,35-46H2,1-2H3,(H,55,56)/b8-6-,14-12-,27-18-,34-32-. The van der Waals surface area contributed by atoms with E-state index in [-0.39, 0.29) is 19.4 Å². The molecule has 0 aromatic rings. The number of allylic oxidation sites excluding steroid dienone is 8. The molecule has 0 heterocycles. The van der Waals surface area contributed by atoms with Gasteiger partial charge >= 0.3 is 19.8 Å². The van der Waals surface area contributed by atoms with Crippen LogP contribution in [0, 0.1) is 0 Å². The first kappa shape index (κ1) is 58.9. The molecule has 0 saturated heterocycles. The minimum atomic E-state index is -4.63. The van der Waals surface area contributed by atoms with E-state index >= 15 is 0 Å². The van der Waals surface area contributed by atoms with E-state index in [2.05, 4.69) is 62.5 Å². The van der Waals surface area contributed by atoms with Gasteiger partial charge in [-0.2, -0.15) is 0 Å². The van der Waals surface area contributed by atoms with Crippen LogP contribution in [0.15, 0.2) is 48.6 Å². The van der Waals surface area contributed by atoms with E-state index < -0.39 is 51.8 Å². The van der Waals surface area contributed by atoms with Crippen molar-refractivity contribution in [2.24, 2.45) is 0 Å². The molecule has 356 valence electrons. The Hall–Kier alpha value is -2.07. The number of carbonyl (C=O) groups excluding carboxylic acids is 2. The van der Waals surface area contributed by atoms with E-state index in [0.29, 0.717) is 12.8 Å². The van der Waals surface area contributed by atoms with Crippen LogP contribution in [0.25, 0.3) is 0 Å². The van der Waals surface area contributed by atoms with Gasteiger partial charge in [0.1, 0.15) is 12.7 Å². The Bertz CT molecular complexity index is 1150. The van der Waals surface area contributed by atoms with Crippen LogP contribution in [-0.4, -0.2) is 65.7 Å². The summed E-state index contributed by atoms with van der Waals surface area (Å²) < 4.78 is 32.8. The topological polar surface area (TPSA) is 149 Å². The molecule has 0 bridgehead atoms. The highest BCUT2D eigenvalue weighted by atomic mass is 31.2. The number of rotatable bonds is 46. The number of aliphatic hydroxyl groups is 2. The van der Waals surface area contributed by atoms with Gasteiger partial charge in [-0.05, 0) is 51.4 Å². The molecule has 0 spiro atoms. The number of phosphoric acid groups is 1. The van der Waals surface area contributed by atoms with Crippen LogP contribution in [-0.2, 0) is 32.7 Å².